The predicted molar refractivity (Wildman–Crippen MR) is 112 cm³/mol. The van der Waals surface area contributed by atoms with Crippen molar-refractivity contribution >= 4 is 40.8 Å². The molecule has 0 saturated heterocycles. The van der Waals surface area contributed by atoms with E-state index in [1.165, 1.54) is 0 Å². The fourth-order valence-corrected chi connectivity index (χ4v) is 3.50. The molecule has 2 amide bonds. The summed E-state index contributed by atoms with van der Waals surface area (Å²) in [6.07, 6.45) is 2.92. The topological polar surface area (TPSA) is 59.1 Å². The van der Waals surface area contributed by atoms with Gasteiger partial charge in [0.15, 0.2) is 0 Å². The van der Waals surface area contributed by atoms with E-state index in [9.17, 15) is 9.59 Å². The van der Waals surface area contributed by atoms with Crippen LogP contribution in [0.2, 0.25) is 0 Å². The molecule has 28 heavy (non-hydrogen) atoms. The minimum absolute atomic E-state index is 0.147. The van der Waals surface area contributed by atoms with Crippen molar-refractivity contribution in [1.82, 2.24) is 0 Å². The van der Waals surface area contributed by atoms with Gasteiger partial charge in [-0.15, -0.1) is 11.3 Å². The van der Waals surface area contributed by atoms with Gasteiger partial charge in [-0.05, 0) is 50.4 Å². The van der Waals surface area contributed by atoms with Crippen molar-refractivity contribution in [1.29, 1.82) is 0 Å². The summed E-state index contributed by atoms with van der Waals surface area (Å²) in [5.41, 5.74) is 0.650. The highest BCUT2D eigenvalue weighted by molar-refractivity contribution is 7.10. The number of hydrogen-bond donors (Lipinski definition) is 0. The van der Waals surface area contributed by atoms with Gasteiger partial charge in [-0.3, -0.25) is 9.69 Å². The minimum atomic E-state index is -0.597. The number of thiophene rings is 1. The number of rotatable bonds is 3. The first-order valence-corrected chi connectivity index (χ1v) is 9.88. The highest BCUT2D eigenvalue weighted by Crippen LogP contribution is 2.37. The fourth-order valence-electron chi connectivity index (χ4n) is 2.88. The maximum Gasteiger partial charge on any atom is 0.414 e. The molecule has 1 aliphatic heterocycles. The summed E-state index contributed by atoms with van der Waals surface area (Å²) < 4.78 is 10.8. The van der Waals surface area contributed by atoms with Crippen molar-refractivity contribution in [3.05, 3.63) is 46.7 Å². The van der Waals surface area contributed by atoms with E-state index < -0.39 is 11.7 Å². The van der Waals surface area contributed by atoms with Crippen LogP contribution in [0.1, 0.15) is 25.6 Å². The zero-order valence-electron chi connectivity index (χ0n) is 16.5. The second kappa shape index (κ2) is 8.06. The number of carbonyl (C=O) groups is 2. The quantitative estimate of drug-likeness (QED) is 0.709. The number of carbonyl (C=O) groups excluding carboxylic acids is 2. The van der Waals surface area contributed by atoms with Gasteiger partial charge >= 0.3 is 6.09 Å². The molecule has 0 fully saturated rings. The van der Waals surface area contributed by atoms with E-state index >= 15 is 0 Å². The number of fused-ring (bicyclic) bond motifs is 1. The largest absolute Gasteiger partial charge is 0.497 e. The molecule has 6 nitrogen and oxygen atoms in total. The third-order valence-corrected chi connectivity index (χ3v) is 4.96. The average molecular weight is 401 g/mol. The van der Waals surface area contributed by atoms with Crippen molar-refractivity contribution in [2.24, 2.45) is 0 Å². The molecular formula is C21H24N2O4S. The fraction of sp³-hybridized carbons (Fsp3) is 0.333. The molecule has 0 spiro atoms. The molecule has 0 saturated carbocycles. The first kappa shape index (κ1) is 19.9. The Hall–Kier alpha value is -2.80. The molecular weight excluding hydrogens is 376 g/mol. The lowest BCUT2D eigenvalue weighted by Crippen LogP contribution is -2.47. The molecule has 2 aromatic rings. The van der Waals surface area contributed by atoms with Gasteiger partial charge in [0.25, 0.3) is 5.91 Å². The van der Waals surface area contributed by atoms with Crippen molar-refractivity contribution < 1.29 is 19.1 Å². The van der Waals surface area contributed by atoms with Crippen molar-refractivity contribution in [2.75, 3.05) is 30.0 Å². The second-order valence-corrected chi connectivity index (χ2v) is 8.30. The lowest BCUT2D eigenvalue weighted by molar-refractivity contribution is -0.114. The molecule has 3 rings (SSSR count). The van der Waals surface area contributed by atoms with Gasteiger partial charge in [-0.2, -0.15) is 0 Å². The Morgan fingerprint density at radius 2 is 1.86 bits per heavy atom. The van der Waals surface area contributed by atoms with Crippen LogP contribution in [-0.4, -0.2) is 37.8 Å². The van der Waals surface area contributed by atoms with E-state index in [4.69, 9.17) is 9.47 Å². The highest BCUT2D eigenvalue weighted by atomic mass is 32.1. The van der Waals surface area contributed by atoms with Crippen LogP contribution >= 0.6 is 11.3 Å². The third kappa shape index (κ3) is 4.54. The second-order valence-electron chi connectivity index (χ2n) is 7.33. The summed E-state index contributed by atoms with van der Waals surface area (Å²) in [6.45, 7) is 6.21. The zero-order chi connectivity index (χ0) is 20.3. The monoisotopic (exact) mass is 400 g/mol. The summed E-state index contributed by atoms with van der Waals surface area (Å²) in [7, 11) is 1.57. The Morgan fingerprint density at radius 1 is 1.11 bits per heavy atom. The molecule has 0 radical (unpaired) electrons. The molecule has 0 bridgehead atoms. The van der Waals surface area contributed by atoms with Gasteiger partial charge in [0.2, 0.25) is 0 Å². The lowest BCUT2D eigenvalue weighted by Gasteiger charge is -2.37. The number of methoxy groups -OCH3 is 1. The van der Waals surface area contributed by atoms with Gasteiger partial charge in [0.05, 0.1) is 18.5 Å². The normalized spacial score (nSPS) is 14.1. The van der Waals surface area contributed by atoms with E-state index in [1.54, 1.807) is 58.6 Å². The Kier molecular flexibility index (Phi) is 5.74. The molecule has 0 N–H and O–H groups in total. The van der Waals surface area contributed by atoms with Gasteiger partial charge in [-0.1, -0.05) is 6.07 Å². The van der Waals surface area contributed by atoms with Crippen LogP contribution in [0.5, 0.6) is 5.75 Å². The van der Waals surface area contributed by atoms with Crippen molar-refractivity contribution in [3.63, 3.8) is 0 Å². The molecule has 2 heterocycles. The maximum atomic E-state index is 12.8. The van der Waals surface area contributed by atoms with Gasteiger partial charge in [-0.25, -0.2) is 4.79 Å². The molecule has 7 heteroatoms. The van der Waals surface area contributed by atoms with Crippen LogP contribution in [0.4, 0.5) is 16.2 Å². The smallest absolute Gasteiger partial charge is 0.414 e. The van der Waals surface area contributed by atoms with Gasteiger partial charge < -0.3 is 14.4 Å². The summed E-state index contributed by atoms with van der Waals surface area (Å²) in [4.78, 5) is 29.7. The molecule has 1 aromatic carbocycles. The number of benzene rings is 1. The first-order chi connectivity index (χ1) is 13.3. The van der Waals surface area contributed by atoms with Crippen LogP contribution in [-0.2, 0) is 9.53 Å². The van der Waals surface area contributed by atoms with Gasteiger partial charge in [0, 0.05) is 30.1 Å². The van der Waals surface area contributed by atoms with Gasteiger partial charge in [0.1, 0.15) is 11.4 Å². The van der Waals surface area contributed by atoms with E-state index in [0.29, 0.717) is 30.2 Å². The van der Waals surface area contributed by atoms with Crippen LogP contribution < -0.4 is 14.5 Å². The predicted octanol–water partition coefficient (Wildman–Crippen LogP) is 4.56. The molecule has 0 unspecified atom stereocenters. The van der Waals surface area contributed by atoms with E-state index in [2.05, 4.69) is 0 Å². The van der Waals surface area contributed by atoms with Crippen LogP contribution in [0.25, 0.3) is 6.08 Å². The molecule has 148 valence electrons. The van der Waals surface area contributed by atoms with Crippen LogP contribution in [0, 0.1) is 0 Å². The number of hydrogen-bond acceptors (Lipinski definition) is 5. The summed E-state index contributed by atoms with van der Waals surface area (Å²) in [5, 5.41) is 1.96. The number of ether oxygens (including phenoxy) is 2. The summed E-state index contributed by atoms with van der Waals surface area (Å²) in [6, 6.07) is 9.20. The Bertz CT molecular complexity index is 884. The van der Waals surface area contributed by atoms with Crippen molar-refractivity contribution in [3.8, 4) is 5.75 Å². The average Bonchev–Trinajstić information content (AvgIpc) is 3.16. The molecule has 1 aromatic heterocycles. The van der Waals surface area contributed by atoms with Crippen LogP contribution in [0.3, 0.4) is 0 Å². The minimum Gasteiger partial charge on any atom is -0.497 e. The molecule has 0 atom stereocenters. The molecule has 0 aliphatic carbocycles. The summed E-state index contributed by atoms with van der Waals surface area (Å²) in [5.74, 6) is 0.469. The van der Waals surface area contributed by atoms with Crippen molar-refractivity contribution in [2.45, 2.75) is 26.4 Å². The zero-order valence-corrected chi connectivity index (χ0v) is 17.3. The van der Waals surface area contributed by atoms with E-state index in [0.717, 1.165) is 4.88 Å². The highest BCUT2D eigenvalue weighted by Gasteiger charge is 2.32. The Morgan fingerprint density at radius 3 is 2.50 bits per heavy atom. The Labute approximate surface area is 169 Å². The Balaban J connectivity index is 1.90. The lowest BCUT2D eigenvalue weighted by atomic mass is 10.1. The van der Waals surface area contributed by atoms with Crippen LogP contribution in [0.15, 0.2) is 41.8 Å². The third-order valence-electron chi connectivity index (χ3n) is 4.12. The standard InChI is InChI=1S/C21H24N2O4S/c1-21(2,3)27-20(25)23-12-11-22(18-14-15(26-4)7-9-17(18)23)19(24)10-8-16-6-5-13-28-16/h5-10,13-14H,11-12H2,1-4H3. The SMILES string of the molecule is COc1ccc2c(c1)N(C(=O)C=Cc1cccs1)CCN2C(=O)OC(C)(C)C. The maximum absolute atomic E-state index is 12.8. The molecule has 1 aliphatic rings. The number of amides is 2. The number of anilines is 2. The summed E-state index contributed by atoms with van der Waals surface area (Å²) >= 11 is 1.57. The first-order valence-electron chi connectivity index (χ1n) is 9.00. The number of nitrogens with zero attached hydrogens (tertiary/aromatic N) is 2. The van der Waals surface area contributed by atoms with E-state index in [-0.39, 0.29) is 5.91 Å². The van der Waals surface area contributed by atoms with E-state index in [1.807, 2.05) is 38.3 Å².